The molecule has 0 spiro atoms. The van der Waals surface area contributed by atoms with Crippen molar-refractivity contribution in [2.75, 3.05) is 36.2 Å². The van der Waals surface area contributed by atoms with E-state index in [0.717, 1.165) is 45.7 Å². The predicted molar refractivity (Wildman–Crippen MR) is 256 cm³/mol. The molecule has 7 aromatic rings. The van der Waals surface area contributed by atoms with Gasteiger partial charge >= 0.3 is 0 Å². The van der Waals surface area contributed by atoms with Crippen LogP contribution in [-0.2, 0) is 16.2 Å². The van der Waals surface area contributed by atoms with Gasteiger partial charge in [-0.1, -0.05) is 109 Å². The highest BCUT2D eigenvalue weighted by Gasteiger charge is 2.48. The molecule has 7 aromatic carbocycles. The van der Waals surface area contributed by atoms with E-state index in [-0.39, 0.29) is 23.0 Å². The third-order valence-electron chi connectivity index (χ3n) is 14.9. The van der Waals surface area contributed by atoms with Gasteiger partial charge < -0.3 is 28.7 Å². The fraction of sp³-hybridized carbons (Fsp3) is 0.250. The van der Waals surface area contributed by atoms with Crippen molar-refractivity contribution in [3.63, 3.8) is 0 Å². The normalized spacial score (nSPS) is 17.2. The number of hydrogen-bond acceptors (Lipinski definition) is 6. The molecule has 6 nitrogen and oxygen atoms in total. The third kappa shape index (κ3) is 5.02. The van der Waals surface area contributed by atoms with Gasteiger partial charge in [-0.15, -0.1) is 0 Å². The smallest absolute Gasteiger partial charge is 0.252 e. The molecule has 0 N–H and O–H groups in total. The highest BCUT2D eigenvalue weighted by molar-refractivity contribution is 7.00. The molecule has 63 heavy (non-hydrogen) atoms. The Bertz CT molecular complexity index is 3160. The minimum Gasteiger partial charge on any atom is -0.486 e. The number of fused-ring (bicyclic) bond motifs is 12. The van der Waals surface area contributed by atoms with Gasteiger partial charge in [-0.25, -0.2) is 0 Å². The zero-order valence-electron chi connectivity index (χ0n) is 37.0. The molecule has 2 aliphatic carbocycles. The molecule has 13 rings (SSSR count). The van der Waals surface area contributed by atoms with Crippen LogP contribution in [0.4, 0.5) is 34.1 Å². The van der Waals surface area contributed by atoms with Gasteiger partial charge in [0.25, 0.3) is 6.71 Å². The van der Waals surface area contributed by atoms with E-state index in [1.165, 1.54) is 77.8 Å². The summed E-state index contributed by atoms with van der Waals surface area (Å²) in [6.07, 6.45) is 0. The lowest BCUT2D eigenvalue weighted by molar-refractivity contribution is 0.171. The number of nitrogens with zero attached hydrogens (tertiary/aromatic N) is 2. The van der Waals surface area contributed by atoms with E-state index in [1.54, 1.807) is 0 Å². The summed E-state index contributed by atoms with van der Waals surface area (Å²) in [7, 11) is 0. The molecule has 0 fully saturated rings. The first kappa shape index (κ1) is 37.0. The van der Waals surface area contributed by atoms with Crippen LogP contribution in [0.25, 0.3) is 22.3 Å². The molecule has 0 unspecified atom stereocenters. The molecule has 0 radical (unpaired) electrons. The average molecular weight is 825 g/mol. The van der Waals surface area contributed by atoms with Gasteiger partial charge in [0, 0.05) is 51.4 Å². The average Bonchev–Trinajstić information content (AvgIpc) is 3.65. The molecular weight excluding hydrogens is 775 g/mol. The van der Waals surface area contributed by atoms with Gasteiger partial charge in [-0.05, 0) is 120 Å². The van der Waals surface area contributed by atoms with E-state index in [4.69, 9.17) is 18.9 Å². The fourth-order valence-corrected chi connectivity index (χ4v) is 11.7. The Kier molecular flexibility index (Phi) is 7.36. The molecule has 4 heterocycles. The van der Waals surface area contributed by atoms with Crippen LogP contribution in [0, 0.1) is 0 Å². The van der Waals surface area contributed by atoms with Crippen LogP contribution in [-0.4, -0.2) is 33.1 Å². The second kappa shape index (κ2) is 12.5. The maximum absolute atomic E-state index is 6.42. The van der Waals surface area contributed by atoms with Crippen molar-refractivity contribution >= 4 is 57.2 Å². The lowest BCUT2D eigenvalue weighted by Gasteiger charge is -2.46. The van der Waals surface area contributed by atoms with Crippen LogP contribution in [0.5, 0.6) is 23.0 Å². The first-order chi connectivity index (χ1) is 30.4. The van der Waals surface area contributed by atoms with E-state index >= 15 is 0 Å². The third-order valence-corrected chi connectivity index (χ3v) is 14.9. The maximum atomic E-state index is 6.42. The van der Waals surface area contributed by atoms with Crippen molar-refractivity contribution in [1.29, 1.82) is 0 Å². The van der Waals surface area contributed by atoms with E-state index in [0.29, 0.717) is 26.4 Å². The highest BCUT2D eigenvalue weighted by atomic mass is 16.6. The number of ether oxygens (including phenoxy) is 4. The molecule has 6 aliphatic rings. The number of hydrogen-bond donors (Lipinski definition) is 0. The Morgan fingerprint density at radius 3 is 1.59 bits per heavy atom. The molecule has 0 bridgehead atoms. The van der Waals surface area contributed by atoms with Crippen LogP contribution in [0.3, 0.4) is 0 Å². The van der Waals surface area contributed by atoms with Crippen molar-refractivity contribution in [3.8, 4) is 45.3 Å². The minimum atomic E-state index is -0.184. The SMILES string of the molecule is CC(C)(C)c1cc2c3c(c1)N(c1ccc4c(c1)C(C)(C)c1ccccc1-4)c1cc4c(cc1B3c1cc3c(cc1N2c1ccc2c(c1)OCCO2)OCCO3)-c1ccccc1C4(C)C. The quantitative estimate of drug-likeness (QED) is 0.162. The zero-order valence-corrected chi connectivity index (χ0v) is 37.0. The van der Waals surface area contributed by atoms with Crippen molar-refractivity contribution in [2.45, 2.75) is 64.7 Å². The molecule has 0 aromatic heterocycles. The second-order valence-corrected chi connectivity index (χ2v) is 20.2. The van der Waals surface area contributed by atoms with Gasteiger partial charge in [0.05, 0.1) is 5.69 Å². The monoisotopic (exact) mass is 824 g/mol. The lowest BCUT2D eigenvalue weighted by Crippen LogP contribution is -2.61. The van der Waals surface area contributed by atoms with Crippen LogP contribution >= 0.6 is 0 Å². The summed E-state index contributed by atoms with van der Waals surface area (Å²) in [6.45, 7) is 18.5. The second-order valence-electron chi connectivity index (χ2n) is 20.2. The zero-order chi connectivity index (χ0) is 42.7. The predicted octanol–water partition coefficient (Wildman–Crippen LogP) is 11.2. The van der Waals surface area contributed by atoms with E-state index in [1.807, 2.05) is 0 Å². The largest absolute Gasteiger partial charge is 0.486 e. The van der Waals surface area contributed by atoms with Gasteiger partial charge in [-0.3, -0.25) is 0 Å². The molecule has 0 saturated carbocycles. The Labute approximate surface area is 370 Å². The summed E-state index contributed by atoms with van der Waals surface area (Å²) in [4.78, 5) is 5.04. The summed E-state index contributed by atoms with van der Waals surface area (Å²) in [6, 6.07) is 46.0. The topological polar surface area (TPSA) is 43.4 Å². The number of rotatable bonds is 2. The van der Waals surface area contributed by atoms with Crippen LogP contribution in [0.2, 0.25) is 0 Å². The maximum Gasteiger partial charge on any atom is 0.252 e. The van der Waals surface area contributed by atoms with E-state index < -0.39 is 0 Å². The molecule has 4 aliphatic heterocycles. The molecule has 310 valence electrons. The molecular formula is C56H49BN2O4. The first-order valence-corrected chi connectivity index (χ1v) is 22.5. The van der Waals surface area contributed by atoms with Crippen LogP contribution in [0.15, 0.2) is 121 Å². The summed E-state index contributed by atoms with van der Waals surface area (Å²) in [5.74, 6) is 3.08. The van der Waals surface area contributed by atoms with Crippen molar-refractivity contribution < 1.29 is 18.9 Å². The minimum absolute atomic E-state index is 0.106. The standard InChI is InChI=1S/C56H49BN2O4/c1-54(2,3)32-24-47-53-48(25-32)59(34-17-19-49-50(27-34)61-21-20-60-49)46-31-52-51(62-22-23-63-52)30-44(46)57(53)43-28-38-36-13-9-11-15-40(36)56(6,7)42(38)29-45(43)58(47)33-16-18-37-35-12-8-10-14-39(35)55(4,5)41(37)26-33/h8-19,24-31H,20-23H2,1-7H3. The lowest BCUT2D eigenvalue weighted by atomic mass is 9.33. The Hall–Kier alpha value is -6.60. The van der Waals surface area contributed by atoms with E-state index in [9.17, 15) is 0 Å². The van der Waals surface area contributed by atoms with Crippen molar-refractivity contribution in [2.24, 2.45) is 0 Å². The Morgan fingerprint density at radius 1 is 0.444 bits per heavy atom. The molecule has 0 saturated heterocycles. The molecule has 0 amide bonds. The van der Waals surface area contributed by atoms with Crippen molar-refractivity contribution in [1.82, 2.24) is 0 Å². The van der Waals surface area contributed by atoms with Crippen LogP contribution < -0.4 is 45.1 Å². The molecule has 0 atom stereocenters. The summed E-state index contributed by atoms with van der Waals surface area (Å²) in [5, 5.41) is 0. The van der Waals surface area contributed by atoms with Gasteiger partial charge in [0.2, 0.25) is 0 Å². The first-order valence-electron chi connectivity index (χ1n) is 22.5. The molecule has 7 heteroatoms. The summed E-state index contributed by atoms with van der Waals surface area (Å²) in [5.41, 5.74) is 22.0. The summed E-state index contributed by atoms with van der Waals surface area (Å²) < 4.78 is 25.1. The van der Waals surface area contributed by atoms with Crippen molar-refractivity contribution in [3.05, 3.63) is 149 Å². The van der Waals surface area contributed by atoms with E-state index in [2.05, 4.69) is 180 Å². The van der Waals surface area contributed by atoms with Gasteiger partial charge in [0.15, 0.2) is 23.0 Å². The Balaban J connectivity index is 1.15. The summed E-state index contributed by atoms with van der Waals surface area (Å²) >= 11 is 0. The number of benzene rings is 7. The van der Waals surface area contributed by atoms with Crippen LogP contribution in [0.1, 0.15) is 76.3 Å². The van der Waals surface area contributed by atoms with Gasteiger partial charge in [0.1, 0.15) is 26.4 Å². The number of anilines is 6. The Morgan fingerprint density at radius 2 is 0.937 bits per heavy atom. The van der Waals surface area contributed by atoms with Gasteiger partial charge in [-0.2, -0.15) is 0 Å². The fourth-order valence-electron chi connectivity index (χ4n) is 11.7. The highest BCUT2D eigenvalue weighted by Crippen LogP contribution is 2.55.